The molecular formula is C15H18O. The van der Waals surface area contributed by atoms with Crippen molar-refractivity contribution in [3.05, 3.63) is 41.0 Å². The summed E-state index contributed by atoms with van der Waals surface area (Å²) in [5, 5.41) is 0. The number of hydrogen-bond acceptors (Lipinski definition) is 1. The van der Waals surface area contributed by atoms with Crippen molar-refractivity contribution in [2.24, 2.45) is 0 Å². The Morgan fingerprint density at radius 1 is 1.31 bits per heavy atom. The molecule has 0 bridgehead atoms. The summed E-state index contributed by atoms with van der Waals surface area (Å²) in [5.41, 5.74) is 4.43. The zero-order chi connectivity index (χ0) is 11.0. The Morgan fingerprint density at radius 3 is 2.94 bits per heavy atom. The highest BCUT2D eigenvalue weighted by Crippen LogP contribution is 2.43. The highest BCUT2D eigenvalue weighted by Gasteiger charge is 2.33. The second kappa shape index (κ2) is 4.06. The van der Waals surface area contributed by atoms with Crippen molar-refractivity contribution in [2.45, 2.75) is 38.2 Å². The summed E-state index contributed by atoms with van der Waals surface area (Å²) in [4.78, 5) is 0. The van der Waals surface area contributed by atoms with Gasteiger partial charge in [0.25, 0.3) is 0 Å². The Morgan fingerprint density at radius 2 is 2.19 bits per heavy atom. The van der Waals surface area contributed by atoms with E-state index in [1.54, 1.807) is 5.57 Å². The zero-order valence-corrected chi connectivity index (χ0v) is 9.78. The van der Waals surface area contributed by atoms with Gasteiger partial charge in [-0.05, 0) is 30.4 Å². The summed E-state index contributed by atoms with van der Waals surface area (Å²) >= 11 is 0. The average Bonchev–Trinajstić information content (AvgIpc) is 2.94. The minimum Gasteiger partial charge on any atom is -0.377 e. The predicted octanol–water partition coefficient (Wildman–Crippen LogP) is 3.76. The van der Waals surface area contributed by atoms with Crippen LogP contribution in [0.4, 0.5) is 0 Å². The van der Waals surface area contributed by atoms with Crippen LogP contribution in [0.3, 0.4) is 0 Å². The predicted molar refractivity (Wildman–Crippen MR) is 66.4 cm³/mol. The van der Waals surface area contributed by atoms with E-state index < -0.39 is 0 Å². The van der Waals surface area contributed by atoms with Crippen LogP contribution in [0.25, 0.3) is 6.08 Å². The van der Waals surface area contributed by atoms with Gasteiger partial charge in [-0.3, -0.25) is 0 Å². The van der Waals surface area contributed by atoms with Crippen molar-refractivity contribution in [1.29, 1.82) is 0 Å². The molecule has 0 aromatic heterocycles. The second-order valence-corrected chi connectivity index (χ2v) is 4.73. The molecule has 0 spiro atoms. The van der Waals surface area contributed by atoms with Crippen LogP contribution in [0.1, 0.15) is 43.2 Å². The molecule has 1 aromatic carbocycles. The van der Waals surface area contributed by atoms with Gasteiger partial charge in [-0.15, -0.1) is 0 Å². The Labute approximate surface area is 97.1 Å². The Hall–Kier alpha value is -1.08. The molecule has 2 unspecified atom stereocenters. The lowest BCUT2D eigenvalue weighted by atomic mass is 9.88. The van der Waals surface area contributed by atoms with Gasteiger partial charge in [0.05, 0.1) is 6.10 Å². The molecule has 1 heterocycles. The van der Waals surface area contributed by atoms with Gasteiger partial charge < -0.3 is 4.74 Å². The third-order valence-electron chi connectivity index (χ3n) is 3.82. The normalized spacial score (nSPS) is 27.9. The summed E-state index contributed by atoms with van der Waals surface area (Å²) < 4.78 is 5.88. The molecule has 2 aliphatic rings. The van der Waals surface area contributed by atoms with Crippen LogP contribution in [0.2, 0.25) is 0 Å². The molecule has 0 radical (unpaired) electrons. The van der Waals surface area contributed by atoms with Gasteiger partial charge in [0, 0.05) is 12.5 Å². The zero-order valence-electron chi connectivity index (χ0n) is 9.78. The van der Waals surface area contributed by atoms with E-state index in [0.29, 0.717) is 12.0 Å². The van der Waals surface area contributed by atoms with Crippen LogP contribution in [0.15, 0.2) is 29.8 Å². The molecule has 0 amide bonds. The van der Waals surface area contributed by atoms with E-state index in [1.807, 2.05) is 0 Å². The maximum atomic E-state index is 5.88. The summed E-state index contributed by atoms with van der Waals surface area (Å²) in [7, 11) is 0. The summed E-state index contributed by atoms with van der Waals surface area (Å²) in [6.45, 7) is 3.19. The first-order chi connectivity index (χ1) is 7.90. The van der Waals surface area contributed by atoms with E-state index in [-0.39, 0.29) is 0 Å². The monoisotopic (exact) mass is 214 g/mol. The van der Waals surface area contributed by atoms with Crippen LogP contribution >= 0.6 is 0 Å². The molecule has 1 aromatic rings. The second-order valence-electron chi connectivity index (χ2n) is 4.73. The first kappa shape index (κ1) is 10.1. The van der Waals surface area contributed by atoms with Crippen LogP contribution < -0.4 is 0 Å². The minimum atomic E-state index is 0.426. The van der Waals surface area contributed by atoms with Crippen molar-refractivity contribution in [1.82, 2.24) is 0 Å². The lowest BCUT2D eigenvalue weighted by molar-refractivity contribution is 0.0975. The topological polar surface area (TPSA) is 9.23 Å². The van der Waals surface area contributed by atoms with E-state index in [4.69, 9.17) is 4.74 Å². The molecule has 1 fully saturated rings. The average molecular weight is 214 g/mol. The molecular weight excluding hydrogens is 196 g/mol. The largest absolute Gasteiger partial charge is 0.377 e. The smallest absolute Gasteiger partial charge is 0.0682 e. The third kappa shape index (κ3) is 1.51. The summed E-state index contributed by atoms with van der Waals surface area (Å²) in [5.74, 6) is 0.531. The maximum Gasteiger partial charge on any atom is 0.0682 e. The molecule has 1 saturated heterocycles. The fourth-order valence-electron chi connectivity index (χ4n) is 3.04. The molecule has 1 heteroatoms. The van der Waals surface area contributed by atoms with Crippen molar-refractivity contribution in [3.8, 4) is 0 Å². The highest BCUT2D eigenvalue weighted by molar-refractivity contribution is 5.66. The van der Waals surface area contributed by atoms with Crippen molar-refractivity contribution in [3.63, 3.8) is 0 Å². The molecule has 2 atom stereocenters. The van der Waals surface area contributed by atoms with E-state index in [1.165, 1.54) is 24.0 Å². The number of rotatable bonds is 2. The summed E-state index contributed by atoms with van der Waals surface area (Å²) in [6, 6.07) is 8.76. The Kier molecular flexibility index (Phi) is 2.56. The number of ether oxygens (including phenoxy) is 1. The van der Waals surface area contributed by atoms with Gasteiger partial charge in [0.1, 0.15) is 0 Å². The molecule has 1 nitrogen and oxygen atoms in total. The summed E-state index contributed by atoms with van der Waals surface area (Å²) in [6.07, 6.45) is 6.37. The van der Waals surface area contributed by atoms with Crippen LogP contribution in [0, 0.1) is 0 Å². The SMILES string of the molecule is CCC1=Cc2ccccc2C1C1CCCO1. The number of benzene rings is 1. The van der Waals surface area contributed by atoms with Gasteiger partial charge in [-0.2, -0.15) is 0 Å². The van der Waals surface area contributed by atoms with Gasteiger partial charge in [-0.1, -0.05) is 42.8 Å². The van der Waals surface area contributed by atoms with E-state index >= 15 is 0 Å². The van der Waals surface area contributed by atoms with Gasteiger partial charge >= 0.3 is 0 Å². The molecule has 16 heavy (non-hydrogen) atoms. The van der Waals surface area contributed by atoms with Crippen LogP contribution in [-0.2, 0) is 4.74 Å². The lowest BCUT2D eigenvalue weighted by Gasteiger charge is -2.22. The third-order valence-corrected chi connectivity index (χ3v) is 3.82. The van der Waals surface area contributed by atoms with Gasteiger partial charge in [0.15, 0.2) is 0 Å². The fourth-order valence-corrected chi connectivity index (χ4v) is 3.04. The minimum absolute atomic E-state index is 0.426. The van der Waals surface area contributed by atoms with E-state index in [0.717, 1.165) is 13.0 Å². The first-order valence-corrected chi connectivity index (χ1v) is 6.31. The van der Waals surface area contributed by atoms with Crippen molar-refractivity contribution in [2.75, 3.05) is 6.61 Å². The molecule has 0 N–H and O–H groups in total. The molecule has 1 aliphatic carbocycles. The standard InChI is InChI=1S/C15H18O/c1-2-11-10-12-6-3-4-7-13(12)15(11)14-8-5-9-16-14/h3-4,6-7,10,14-15H,2,5,8-9H2,1H3. The van der Waals surface area contributed by atoms with Gasteiger partial charge in [-0.25, -0.2) is 0 Å². The van der Waals surface area contributed by atoms with Crippen LogP contribution in [-0.4, -0.2) is 12.7 Å². The van der Waals surface area contributed by atoms with Crippen molar-refractivity contribution < 1.29 is 4.74 Å². The van der Waals surface area contributed by atoms with Crippen molar-refractivity contribution >= 4 is 6.08 Å². The van der Waals surface area contributed by atoms with E-state index in [2.05, 4.69) is 37.3 Å². The number of fused-ring (bicyclic) bond motifs is 1. The molecule has 0 saturated carbocycles. The first-order valence-electron chi connectivity index (χ1n) is 6.31. The lowest BCUT2D eigenvalue weighted by Crippen LogP contribution is -2.17. The Bertz CT molecular complexity index is 413. The van der Waals surface area contributed by atoms with E-state index in [9.17, 15) is 0 Å². The van der Waals surface area contributed by atoms with Crippen LogP contribution in [0.5, 0.6) is 0 Å². The molecule has 84 valence electrons. The molecule has 1 aliphatic heterocycles. The highest BCUT2D eigenvalue weighted by atomic mass is 16.5. The van der Waals surface area contributed by atoms with Gasteiger partial charge in [0.2, 0.25) is 0 Å². The Balaban J connectivity index is 1.99. The number of hydrogen-bond donors (Lipinski definition) is 0. The molecule has 3 rings (SSSR count). The fraction of sp³-hybridized carbons (Fsp3) is 0.467. The quantitative estimate of drug-likeness (QED) is 0.728. The maximum absolute atomic E-state index is 5.88.